The molecular formula is C12H19O4-. The smallest absolute Gasteiger partial charge is 0.161 e. The number of ketones is 1. The van der Waals surface area contributed by atoms with Gasteiger partial charge in [-0.2, -0.15) is 0 Å². The lowest BCUT2D eigenvalue weighted by molar-refractivity contribution is -0.307. The molecule has 16 heavy (non-hydrogen) atoms. The number of carboxylic acid groups (broad SMARTS) is 1. The van der Waals surface area contributed by atoms with Gasteiger partial charge in [-0.3, -0.25) is 4.79 Å². The molecule has 0 unspecified atom stereocenters. The summed E-state index contributed by atoms with van der Waals surface area (Å²) < 4.78 is 5.53. The van der Waals surface area contributed by atoms with Gasteiger partial charge in [0.05, 0.1) is 0 Å². The zero-order valence-corrected chi connectivity index (χ0v) is 9.90. The molecule has 4 heteroatoms. The number of carbonyl (C=O) groups is 2. The highest BCUT2D eigenvalue weighted by molar-refractivity contribution is 5.84. The van der Waals surface area contributed by atoms with Crippen molar-refractivity contribution in [2.45, 2.75) is 45.6 Å². The summed E-state index contributed by atoms with van der Waals surface area (Å²) in [5.41, 5.74) is 0. The van der Waals surface area contributed by atoms with Crippen molar-refractivity contribution in [2.24, 2.45) is 11.8 Å². The Kier molecular flexibility index (Phi) is 4.93. The highest BCUT2D eigenvalue weighted by atomic mass is 16.5. The minimum absolute atomic E-state index is 0.0400. The third kappa shape index (κ3) is 3.93. The van der Waals surface area contributed by atoms with E-state index in [0.717, 1.165) is 12.8 Å². The Hall–Kier alpha value is -0.900. The van der Waals surface area contributed by atoms with Crippen LogP contribution in [0.25, 0.3) is 0 Å². The number of carbonyl (C=O) groups excluding carboxylic acids is 2. The summed E-state index contributed by atoms with van der Waals surface area (Å²) in [6.07, 6.45) is 1.40. The van der Waals surface area contributed by atoms with Crippen LogP contribution in [0.5, 0.6) is 0 Å². The van der Waals surface area contributed by atoms with Crippen molar-refractivity contribution in [2.75, 3.05) is 6.61 Å². The van der Waals surface area contributed by atoms with Crippen molar-refractivity contribution in [3.8, 4) is 0 Å². The molecule has 0 radical (unpaired) electrons. The van der Waals surface area contributed by atoms with E-state index in [1.807, 2.05) is 13.8 Å². The second-order valence-corrected chi connectivity index (χ2v) is 4.84. The second-order valence-electron chi connectivity index (χ2n) is 4.84. The summed E-state index contributed by atoms with van der Waals surface area (Å²) in [7, 11) is 0. The predicted molar refractivity (Wildman–Crippen MR) is 56.6 cm³/mol. The maximum absolute atomic E-state index is 11.7. The van der Waals surface area contributed by atoms with Crippen LogP contribution < -0.4 is 5.11 Å². The van der Waals surface area contributed by atoms with Crippen molar-refractivity contribution in [3.63, 3.8) is 0 Å². The van der Waals surface area contributed by atoms with E-state index in [1.165, 1.54) is 0 Å². The lowest BCUT2D eigenvalue weighted by Crippen LogP contribution is -2.40. The topological polar surface area (TPSA) is 66.4 Å². The fraction of sp³-hybridized carbons (Fsp3) is 0.833. The van der Waals surface area contributed by atoms with E-state index >= 15 is 0 Å². The zero-order chi connectivity index (χ0) is 12.1. The number of ether oxygens (including phenoxy) is 1. The average Bonchev–Trinajstić information content (AvgIpc) is 2.15. The Morgan fingerprint density at radius 2 is 2.25 bits per heavy atom. The van der Waals surface area contributed by atoms with Gasteiger partial charge in [0.2, 0.25) is 0 Å². The van der Waals surface area contributed by atoms with Gasteiger partial charge in [0, 0.05) is 19.0 Å². The molecule has 1 rings (SSSR count). The highest BCUT2D eigenvalue weighted by Crippen LogP contribution is 2.27. The van der Waals surface area contributed by atoms with E-state index in [4.69, 9.17) is 4.74 Å². The molecule has 1 fully saturated rings. The summed E-state index contributed by atoms with van der Waals surface area (Å²) >= 11 is 0. The van der Waals surface area contributed by atoms with E-state index < -0.39 is 12.1 Å². The first kappa shape index (κ1) is 13.2. The molecule has 0 aromatic heterocycles. The molecular weight excluding hydrogens is 208 g/mol. The molecule has 1 saturated carbocycles. The molecule has 0 heterocycles. The fourth-order valence-electron chi connectivity index (χ4n) is 2.04. The maximum atomic E-state index is 11.7. The molecule has 2 atom stereocenters. The highest BCUT2D eigenvalue weighted by Gasteiger charge is 2.32. The lowest BCUT2D eigenvalue weighted by atomic mass is 9.83. The third-order valence-electron chi connectivity index (χ3n) is 2.78. The van der Waals surface area contributed by atoms with E-state index in [2.05, 4.69) is 0 Å². The molecule has 0 aromatic carbocycles. The van der Waals surface area contributed by atoms with Gasteiger partial charge in [-0.1, -0.05) is 13.8 Å². The van der Waals surface area contributed by atoms with Gasteiger partial charge < -0.3 is 14.6 Å². The van der Waals surface area contributed by atoms with E-state index in [9.17, 15) is 14.7 Å². The number of aliphatic carboxylic acids is 1. The third-order valence-corrected chi connectivity index (χ3v) is 2.78. The van der Waals surface area contributed by atoms with E-state index in [-0.39, 0.29) is 18.1 Å². The second kappa shape index (κ2) is 5.99. The molecule has 0 saturated heterocycles. The van der Waals surface area contributed by atoms with Crippen LogP contribution in [0.2, 0.25) is 0 Å². The SMILES string of the molecule is CC(C)CO[C@@H]1C(=O)CCC[C@H]1CC(=O)[O-]. The Balaban J connectivity index is 2.56. The minimum Gasteiger partial charge on any atom is -0.550 e. The van der Waals surface area contributed by atoms with Gasteiger partial charge in [0.25, 0.3) is 0 Å². The number of rotatable bonds is 5. The Morgan fingerprint density at radius 3 is 2.81 bits per heavy atom. The summed E-state index contributed by atoms with van der Waals surface area (Å²) in [6.45, 7) is 4.50. The first-order chi connectivity index (χ1) is 7.50. The molecule has 0 aromatic rings. The zero-order valence-electron chi connectivity index (χ0n) is 9.90. The maximum Gasteiger partial charge on any atom is 0.161 e. The van der Waals surface area contributed by atoms with Crippen LogP contribution in [-0.4, -0.2) is 24.5 Å². The summed E-state index contributed by atoms with van der Waals surface area (Å²) in [5.74, 6) is -0.917. The predicted octanol–water partition coefficient (Wildman–Crippen LogP) is 0.537. The molecule has 1 aliphatic carbocycles. The quantitative estimate of drug-likeness (QED) is 0.687. The van der Waals surface area contributed by atoms with E-state index in [0.29, 0.717) is 18.9 Å². The fourth-order valence-corrected chi connectivity index (χ4v) is 2.04. The Labute approximate surface area is 96.0 Å². The van der Waals surface area contributed by atoms with Gasteiger partial charge >= 0.3 is 0 Å². The first-order valence-corrected chi connectivity index (χ1v) is 5.85. The minimum atomic E-state index is -1.10. The lowest BCUT2D eigenvalue weighted by Gasteiger charge is -2.31. The number of hydrogen-bond donors (Lipinski definition) is 0. The van der Waals surface area contributed by atoms with Crippen LogP contribution >= 0.6 is 0 Å². The van der Waals surface area contributed by atoms with Crippen molar-refractivity contribution in [3.05, 3.63) is 0 Å². The van der Waals surface area contributed by atoms with Gasteiger partial charge in [0.1, 0.15) is 6.10 Å². The van der Waals surface area contributed by atoms with Crippen LogP contribution in [0, 0.1) is 11.8 Å². The first-order valence-electron chi connectivity index (χ1n) is 5.85. The molecule has 0 N–H and O–H groups in total. The molecule has 4 nitrogen and oxygen atoms in total. The van der Waals surface area contributed by atoms with Gasteiger partial charge in [-0.05, 0) is 31.1 Å². The molecule has 1 aliphatic rings. The molecule has 0 spiro atoms. The summed E-state index contributed by atoms with van der Waals surface area (Å²) in [6, 6.07) is 0. The van der Waals surface area contributed by atoms with Crippen molar-refractivity contribution in [1.82, 2.24) is 0 Å². The van der Waals surface area contributed by atoms with Crippen LogP contribution in [0.4, 0.5) is 0 Å². The summed E-state index contributed by atoms with van der Waals surface area (Å²) in [5, 5.41) is 10.6. The molecule has 92 valence electrons. The molecule has 0 bridgehead atoms. The van der Waals surface area contributed by atoms with Crippen LogP contribution in [-0.2, 0) is 14.3 Å². The normalized spacial score (nSPS) is 26.1. The Morgan fingerprint density at radius 1 is 1.56 bits per heavy atom. The monoisotopic (exact) mass is 227 g/mol. The average molecular weight is 227 g/mol. The number of Topliss-reactive ketones (excluding diaryl/α,β-unsaturated/α-hetero) is 1. The largest absolute Gasteiger partial charge is 0.550 e. The number of carboxylic acids is 1. The van der Waals surface area contributed by atoms with Crippen LogP contribution in [0.1, 0.15) is 39.5 Å². The van der Waals surface area contributed by atoms with Gasteiger partial charge in [-0.15, -0.1) is 0 Å². The van der Waals surface area contributed by atoms with Gasteiger partial charge in [-0.25, -0.2) is 0 Å². The number of hydrogen-bond acceptors (Lipinski definition) is 4. The standard InChI is InChI=1S/C12H20O4/c1-8(2)7-16-12-9(6-11(14)15)4-3-5-10(12)13/h8-9,12H,3-7H2,1-2H3,(H,14,15)/p-1/t9-,12-/m0/s1. The van der Waals surface area contributed by atoms with Crippen LogP contribution in [0.3, 0.4) is 0 Å². The van der Waals surface area contributed by atoms with Crippen molar-refractivity contribution in [1.29, 1.82) is 0 Å². The molecule has 0 amide bonds. The van der Waals surface area contributed by atoms with Crippen molar-refractivity contribution < 1.29 is 19.4 Å². The van der Waals surface area contributed by atoms with Gasteiger partial charge in [0.15, 0.2) is 5.78 Å². The van der Waals surface area contributed by atoms with E-state index in [1.54, 1.807) is 0 Å². The van der Waals surface area contributed by atoms with Crippen molar-refractivity contribution >= 4 is 11.8 Å². The summed E-state index contributed by atoms with van der Waals surface area (Å²) in [4.78, 5) is 22.2. The van der Waals surface area contributed by atoms with Crippen LogP contribution in [0.15, 0.2) is 0 Å². The Bertz CT molecular complexity index is 260. The molecule has 0 aliphatic heterocycles.